The predicted molar refractivity (Wildman–Crippen MR) is 51.1 cm³/mol. The fourth-order valence-corrected chi connectivity index (χ4v) is 1.12. The van der Waals surface area contributed by atoms with Gasteiger partial charge in [-0.15, -0.1) is 0 Å². The predicted octanol–water partition coefficient (Wildman–Crippen LogP) is 1.56. The quantitative estimate of drug-likeness (QED) is 0.715. The van der Waals surface area contributed by atoms with Gasteiger partial charge >= 0.3 is 0 Å². The Morgan fingerprint density at radius 3 is 2.85 bits per heavy atom. The van der Waals surface area contributed by atoms with Crippen molar-refractivity contribution in [3.63, 3.8) is 0 Å². The number of hydrogen-bond donors (Lipinski definition) is 1. The van der Waals surface area contributed by atoms with Crippen LogP contribution in [0.2, 0.25) is 0 Å². The van der Waals surface area contributed by atoms with Crippen LogP contribution in [0.25, 0.3) is 0 Å². The molecule has 0 aliphatic heterocycles. The van der Waals surface area contributed by atoms with E-state index in [1.807, 2.05) is 24.3 Å². The molecular formula is C10H15NO2. The smallest absolute Gasteiger partial charge is 0.119 e. The van der Waals surface area contributed by atoms with Gasteiger partial charge in [0, 0.05) is 13.6 Å². The number of methoxy groups -OCH3 is 1. The van der Waals surface area contributed by atoms with E-state index in [1.54, 1.807) is 14.2 Å². The molecule has 1 rings (SSSR count). The summed E-state index contributed by atoms with van der Waals surface area (Å²) >= 11 is 0. The van der Waals surface area contributed by atoms with E-state index < -0.39 is 0 Å². The molecule has 3 nitrogen and oxygen atoms in total. The van der Waals surface area contributed by atoms with Gasteiger partial charge in [-0.05, 0) is 24.1 Å². The fraction of sp³-hybridized carbons (Fsp3) is 0.400. The zero-order valence-electron chi connectivity index (χ0n) is 8.03. The van der Waals surface area contributed by atoms with Crippen LogP contribution in [0.1, 0.15) is 5.56 Å². The van der Waals surface area contributed by atoms with E-state index in [9.17, 15) is 0 Å². The summed E-state index contributed by atoms with van der Waals surface area (Å²) in [6.07, 6.45) is 0.824. The van der Waals surface area contributed by atoms with Gasteiger partial charge in [0.25, 0.3) is 0 Å². The number of rotatable bonds is 4. The van der Waals surface area contributed by atoms with Crippen molar-refractivity contribution in [2.45, 2.75) is 6.42 Å². The van der Waals surface area contributed by atoms with E-state index in [0.29, 0.717) is 6.54 Å². The summed E-state index contributed by atoms with van der Waals surface area (Å²) in [6, 6.07) is 7.85. The Labute approximate surface area is 78.5 Å². The third-order valence-electron chi connectivity index (χ3n) is 1.86. The van der Waals surface area contributed by atoms with Crippen LogP contribution in [0.4, 0.5) is 0 Å². The van der Waals surface area contributed by atoms with Gasteiger partial charge in [0.1, 0.15) is 5.75 Å². The largest absolute Gasteiger partial charge is 0.497 e. The number of likely N-dealkylation sites (N-methyl/N-ethyl adjacent to an activating group) is 1. The molecule has 0 atom stereocenters. The van der Waals surface area contributed by atoms with Crippen LogP contribution < -0.4 is 4.74 Å². The molecule has 0 aromatic heterocycles. The highest BCUT2D eigenvalue weighted by molar-refractivity contribution is 5.28. The van der Waals surface area contributed by atoms with Crippen molar-refractivity contribution >= 4 is 0 Å². The zero-order chi connectivity index (χ0) is 9.68. The minimum Gasteiger partial charge on any atom is -0.497 e. The molecule has 0 spiro atoms. The number of benzene rings is 1. The molecule has 0 saturated carbocycles. The van der Waals surface area contributed by atoms with Gasteiger partial charge in [-0.1, -0.05) is 12.1 Å². The average Bonchev–Trinajstić information content (AvgIpc) is 2.15. The molecule has 3 heteroatoms. The summed E-state index contributed by atoms with van der Waals surface area (Å²) in [5, 5.41) is 10.1. The van der Waals surface area contributed by atoms with Crippen LogP contribution in [-0.4, -0.2) is 31.0 Å². The molecule has 0 aliphatic carbocycles. The molecule has 1 N–H and O–H groups in total. The fourth-order valence-electron chi connectivity index (χ4n) is 1.12. The Balaban J connectivity index is 2.56. The lowest BCUT2D eigenvalue weighted by Gasteiger charge is -2.08. The van der Waals surface area contributed by atoms with Crippen LogP contribution in [0, 0.1) is 0 Å². The molecule has 0 heterocycles. The van der Waals surface area contributed by atoms with Gasteiger partial charge in [0.2, 0.25) is 0 Å². The lowest BCUT2D eigenvalue weighted by Crippen LogP contribution is -2.15. The number of hydrogen-bond acceptors (Lipinski definition) is 3. The van der Waals surface area contributed by atoms with Gasteiger partial charge in [-0.2, -0.15) is 5.06 Å². The highest BCUT2D eigenvalue weighted by atomic mass is 16.5. The molecule has 0 radical (unpaired) electrons. The molecule has 1 aromatic carbocycles. The minimum absolute atomic E-state index is 0.632. The number of ether oxygens (including phenoxy) is 1. The second kappa shape index (κ2) is 4.84. The van der Waals surface area contributed by atoms with Crippen LogP contribution in [0.5, 0.6) is 5.75 Å². The van der Waals surface area contributed by atoms with E-state index in [1.165, 1.54) is 10.6 Å². The molecule has 0 amide bonds. The second-order valence-corrected chi connectivity index (χ2v) is 2.98. The molecule has 0 bridgehead atoms. The van der Waals surface area contributed by atoms with Crippen molar-refractivity contribution in [3.05, 3.63) is 29.8 Å². The summed E-state index contributed by atoms with van der Waals surface area (Å²) in [7, 11) is 3.29. The van der Waals surface area contributed by atoms with E-state index in [2.05, 4.69) is 0 Å². The van der Waals surface area contributed by atoms with Gasteiger partial charge in [0.15, 0.2) is 0 Å². The van der Waals surface area contributed by atoms with Gasteiger partial charge in [-0.3, -0.25) is 0 Å². The lowest BCUT2D eigenvalue weighted by molar-refractivity contribution is -0.0634. The third kappa shape index (κ3) is 3.44. The molecule has 13 heavy (non-hydrogen) atoms. The van der Waals surface area contributed by atoms with E-state index in [4.69, 9.17) is 9.94 Å². The molecule has 72 valence electrons. The van der Waals surface area contributed by atoms with Crippen LogP contribution in [-0.2, 0) is 6.42 Å². The normalized spacial score (nSPS) is 10.5. The van der Waals surface area contributed by atoms with Crippen molar-refractivity contribution in [2.75, 3.05) is 20.7 Å². The van der Waals surface area contributed by atoms with Crippen LogP contribution in [0.15, 0.2) is 24.3 Å². The Hall–Kier alpha value is -1.06. The second-order valence-electron chi connectivity index (χ2n) is 2.98. The Kier molecular flexibility index (Phi) is 3.73. The Morgan fingerprint density at radius 2 is 2.23 bits per heavy atom. The first-order valence-corrected chi connectivity index (χ1v) is 4.25. The monoisotopic (exact) mass is 181 g/mol. The molecule has 1 aromatic rings. The van der Waals surface area contributed by atoms with Gasteiger partial charge in [0.05, 0.1) is 7.11 Å². The van der Waals surface area contributed by atoms with Gasteiger partial charge in [-0.25, -0.2) is 0 Å². The SMILES string of the molecule is COc1cccc(CCN(C)O)c1. The van der Waals surface area contributed by atoms with Crippen molar-refractivity contribution in [3.8, 4) is 5.75 Å². The van der Waals surface area contributed by atoms with Crippen molar-refractivity contribution in [1.82, 2.24) is 5.06 Å². The zero-order valence-corrected chi connectivity index (χ0v) is 8.03. The highest BCUT2D eigenvalue weighted by Gasteiger charge is 1.97. The first kappa shape index (κ1) is 10.0. The van der Waals surface area contributed by atoms with E-state index in [-0.39, 0.29) is 0 Å². The summed E-state index contributed by atoms with van der Waals surface area (Å²) in [5.41, 5.74) is 1.17. The van der Waals surface area contributed by atoms with Crippen LogP contribution >= 0.6 is 0 Å². The lowest BCUT2D eigenvalue weighted by atomic mass is 10.1. The van der Waals surface area contributed by atoms with Gasteiger partial charge < -0.3 is 9.94 Å². The Morgan fingerprint density at radius 1 is 1.46 bits per heavy atom. The third-order valence-corrected chi connectivity index (χ3v) is 1.86. The number of hydroxylamine groups is 2. The standard InChI is InChI=1S/C10H15NO2/c1-11(12)7-6-9-4-3-5-10(8-9)13-2/h3-5,8,12H,6-7H2,1-2H3. The molecular weight excluding hydrogens is 166 g/mol. The summed E-state index contributed by atoms with van der Waals surface area (Å²) in [4.78, 5) is 0. The molecule has 0 unspecified atom stereocenters. The van der Waals surface area contributed by atoms with E-state index in [0.717, 1.165) is 12.2 Å². The maximum Gasteiger partial charge on any atom is 0.119 e. The van der Waals surface area contributed by atoms with Crippen molar-refractivity contribution in [2.24, 2.45) is 0 Å². The Bertz CT molecular complexity index is 261. The van der Waals surface area contributed by atoms with Crippen molar-refractivity contribution in [1.29, 1.82) is 0 Å². The maximum atomic E-state index is 8.94. The summed E-state index contributed by atoms with van der Waals surface area (Å²) in [5.74, 6) is 0.859. The topological polar surface area (TPSA) is 32.7 Å². The number of nitrogens with zero attached hydrogens (tertiary/aromatic N) is 1. The highest BCUT2D eigenvalue weighted by Crippen LogP contribution is 2.12. The first-order chi connectivity index (χ1) is 6.22. The van der Waals surface area contributed by atoms with Crippen molar-refractivity contribution < 1.29 is 9.94 Å². The average molecular weight is 181 g/mol. The van der Waals surface area contributed by atoms with Crippen LogP contribution in [0.3, 0.4) is 0 Å². The molecule has 0 fully saturated rings. The first-order valence-electron chi connectivity index (χ1n) is 4.25. The summed E-state index contributed by atoms with van der Waals surface area (Å²) < 4.78 is 5.09. The maximum absolute atomic E-state index is 8.94. The minimum atomic E-state index is 0.632. The molecule has 0 aliphatic rings. The van der Waals surface area contributed by atoms with E-state index >= 15 is 0 Å². The molecule has 0 saturated heterocycles. The summed E-state index contributed by atoms with van der Waals surface area (Å²) in [6.45, 7) is 0.632.